The van der Waals surface area contributed by atoms with Gasteiger partial charge in [0.2, 0.25) is 11.6 Å². The molecule has 1 aromatic heterocycles. The number of nitrogens with zero attached hydrogens (tertiary/aromatic N) is 2. The van der Waals surface area contributed by atoms with Crippen LogP contribution >= 0.6 is 0 Å². The third-order valence-electron chi connectivity index (χ3n) is 4.20. The quantitative estimate of drug-likeness (QED) is 0.500. The fourth-order valence-corrected chi connectivity index (χ4v) is 2.69. The second-order valence-corrected chi connectivity index (χ2v) is 6.37. The van der Waals surface area contributed by atoms with Crippen LogP contribution in [0.4, 0.5) is 17.6 Å². The number of benzene rings is 2. The first-order valence-electron chi connectivity index (χ1n) is 8.58. The van der Waals surface area contributed by atoms with E-state index in [1.54, 1.807) is 11.7 Å². The highest BCUT2D eigenvalue weighted by Gasteiger charge is 2.20. The summed E-state index contributed by atoms with van der Waals surface area (Å²) in [7, 11) is 1.78. The van der Waals surface area contributed by atoms with Gasteiger partial charge in [0.05, 0.1) is 17.9 Å². The van der Waals surface area contributed by atoms with Crippen molar-refractivity contribution in [3.63, 3.8) is 0 Å². The van der Waals surface area contributed by atoms with E-state index in [-0.39, 0.29) is 18.6 Å². The van der Waals surface area contributed by atoms with Crippen molar-refractivity contribution in [1.82, 2.24) is 15.1 Å². The van der Waals surface area contributed by atoms with E-state index in [0.29, 0.717) is 17.7 Å². The first kappa shape index (κ1) is 20.4. The lowest BCUT2D eigenvalue weighted by atomic mass is 10.1. The van der Waals surface area contributed by atoms with Gasteiger partial charge in [0, 0.05) is 18.7 Å². The number of amides is 1. The Balaban J connectivity index is 1.62. The minimum absolute atomic E-state index is 0.109. The standard InChI is InChI=1S/C20H17F4N3O2/c1-11-7-14(27(2)26-11)9-25-20(28)13-5-3-12(4-6-13)10-29-19-17(23)15(21)8-16(22)18(19)24/h3-8H,9-10H2,1-2H3,(H,25,28). The first-order valence-corrected chi connectivity index (χ1v) is 8.58. The van der Waals surface area contributed by atoms with Crippen LogP contribution in [0.25, 0.3) is 0 Å². The van der Waals surface area contributed by atoms with E-state index in [4.69, 9.17) is 4.74 Å². The fraction of sp³-hybridized carbons (Fsp3) is 0.200. The Morgan fingerprint density at radius 2 is 1.69 bits per heavy atom. The number of hydrogen-bond donors (Lipinski definition) is 1. The molecule has 9 heteroatoms. The molecule has 0 saturated heterocycles. The summed E-state index contributed by atoms with van der Waals surface area (Å²) < 4.78 is 60.2. The van der Waals surface area contributed by atoms with Crippen LogP contribution in [0.2, 0.25) is 0 Å². The van der Waals surface area contributed by atoms with E-state index in [0.717, 1.165) is 11.4 Å². The molecular formula is C20H17F4N3O2. The van der Waals surface area contributed by atoms with E-state index >= 15 is 0 Å². The summed E-state index contributed by atoms with van der Waals surface area (Å²) in [6, 6.07) is 7.98. The molecule has 1 heterocycles. The zero-order chi connectivity index (χ0) is 21.1. The zero-order valence-electron chi connectivity index (χ0n) is 15.6. The molecule has 3 aromatic rings. The van der Waals surface area contributed by atoms with E-state index in [1.165, 1.54) is 24.3 Å². The van der Waals surface area contributed by atoms with E-state index in [9.17, 15) is 22.4 Å². The van der Waals surface area contributed by atoms with Crippen LogP contribution in [0, 0.1) is 30.2 Å². The average molecular weight is 407 g/mol. The first-order chi connectivity index (χ1) is 13.8. The molecule has 5 nitrogen and oxygen atoms in total. The highest BCUT2D eigenvalue weighted by molar-refractivity contribution is 5.94. The van der Waals surface area contributed by atoms with Crippen LogP contribution in [-0.4, -0.2) is 15.7 Å². The van der Waals surface area contributed by atoms with Gasteiger partial charge < -0.3 is 10.1 Å². The van der Waals surface area contributed by atoms with Crippen molar-refractivity contribution in [3.8, 4) is 5.75 Å². The van der Waals surface area contributed by atoms with Crippen LogP contribution in [0.5, 0.6) is 5.75 Å². The molecule has 1 amide bonds. The maximum atomic E-state index is 13.6. The molecule has 3 rings (SSSR count). The SMILES string of the molecule is Cc1cc(CNC(=O)c2ccc(COc3c(F)c(F)cc(F)c3F)cc2)n(C)n1. The lowest BCUT2D eigenvalue weighted by Crippen LogP contribution is -2.24. The van der Waals surface area contributed by atoms with Crippen molar-refractivity contribution >= 4 is 5.91 Å². The number of carbonyl (C=O) groups excluding carboxylic acids is 1. The lowest BCUT2D eigenvalue weighted by Gasteiger charge is -2.10. The fourth-order valence-electron chi connectivity index (χ4n) is 2.69. The maximum absolute atomic E-state index is 13.6. The summed E-state index contributed by atoms with van der Waals surface area (Å²) in [5.41, 5.74) is 2.49. The molecule has 0 spiro atoms. The van der Waals surface area contributed by atoms with Gasteiger partial charge in [0.25, 0.3) is 5.91 Å². The summed E-state index contributed by atoms with van der Waals surface area (Å²) in [5, 5.41) is 6.95. The summed E-state index contributed by atoms with van der Waals surface area (Å²) in [5.74, 6) is -7.75. The number of rotatable bonds is 6. The van der Waals surface area contributed by atoms with E-state index < -0.39 is 29.0 Å². The largest absolute Gasteiger partial charge is 0.483 e. The van der Waals surface area contributed by atoms with Crippen LogP contribution in [0.15, 0.2) is 36.4 Å². The monoisotopic (exact) mass is 407 g/mol. The minimum Gasteiger partial charge on any atom is -0.483 e. The molecule has 0 bridgehead atoms. The van der Waals surface area contributed by atoms with E-state index in [1.807, 2.05) is 13.0 Å². The summed E-state index contributed by atoms with van der Waals surface area (Å²) in [6.07, 6.45) is 0. The van der Waals surface area contributed by atoms with Crippen LogP contribution in [-0.2, 0) is 20.2 Å². The zero-order valence-corrected chi connectivity index (χ0v) is 15.6. The minimum atomic E-state index is -1.61. The molecular weight excluding hydrogens is 390 g/mol. The predicted octanol–water partition coefficient (Wildman–Crippen LogP) is 3.79. The molecule has 0 saturated carbocycles. The third-order valence-corrected chi connectivity index (χ3v) is 4.20. The van der Waals surface area contributed by atoms with Crippen molar-refractivity contribution in [2.45, 2.75) is 20.1 Å². The van der Waals surface area contributed by atoms with Crippen LogP contribution < -0.4 is 10.1 Å². The van der Waals surface area contributed by atoms with Gasteiger partial charge in [-0.15, -0.1) is 0 Å². The molecule has 0 fully saturated rings. The molecule has 0 unspecified atom stereocenters. The highest BCUT2D eigenvalue weighted by atomic mass is 19.2. The molecule has 0 aliphatic heterocycles. The average Bonchev–Trinajstić information content (AvgIpc) is 3.02. The normalized spacial score (nSPS) is 10.8. The van der Waals surface area contributed by atoms with Gasteiger partial charge in [-0.3, -0.25) is 9.48 Å². The van der Waals surface area contributed by atoms with Gasteiger partial charge in [-0.25, -0.2) is 8.78 Å². The molecule has 0 aliphatic rings. The Kier molecular flexibility index (Phi) is 5.86. The number of aryl methyl sites for hydroxylation is 2. The molecule has 0 aliphatic carbocycles. The molecule has 0 radical (unpaired) electrons. The second kappa shape index (κ2) is 8.34. The van der Waals surface area contributed by atoms with Gasteiger partial charge in [-0.05, 0) is 30.7 Å². The van der Waals surface area contributed by atoms with Crippen molar-refractivity contribution in [2.24, 2.45) is 7.05 Å². The van der Waals surface area contributed by atoms with Gasteiger partial charge in [-0.1, -0.05) is 12.1 Å². The number of nitrogens with one attached hydrogen (secondary N) is 1. The Bertz CT molecular complexity index is 1020. The van der Waals surface area contributed by atoms with Crippen molar-refractivity contribution in [2.75, 3.05) is 0 Å². The Morgan fingerprint density at radius 1 is 1.07 bits per heavy atom. The summed E-state index contributed by atoms with van der Waals surface area (Å²) in [6.45, 7) is 1.81. The number of hydrogen-bond acceptors (Lipinski definition) is 3. The third kappa shape index (κ3) is 4.56. The number of carbonyl (C=O) groups is 1. The Hall–Kier alpha value is -3.36. The van der Waals surface area contributed by atoms with Crippen molar-refractivity contribution in [1.29, 1.82) is 0 Å². The van der Waals surface area contributed by atoms with Gasteiger partial charge in [-0.2, -0.15) is 13.9 Å². The Labute approximate surface area is 163 Å². The van der Waals surface area contributed by atoms with Crippen molar-refractivity contribution in [3.05, 3.63) is 82.2 Å². The van der Waals surface area contributed by atoms with Gasteiger partial charge >= 0.3 is 0 Å². The molecule has 29 heavy (non-hydrogen) atoms. The van der Waals surface area contributed by atoms with Crippen LogP contribution in [0.1, 0.15) is 27.3 Å². The highest BCUT2D eigenvalue weighted by Crippen LogP contribution is 2.27. The molecule has 2 aromatic carbocycles. The maximum Gasteiger partial charge on any atom is 0.251 e. The van der Waals surface area contributed by atoms with Gasteiger partial charge in [0.1, 0.15) is 6.61 Å². The topological polar surface area (TPSA) is 56.1 Å². The smallest absolute Gasteiger partial charge is 0.251 e. The van der Waals surface area contributed by atoms with E-state index in [2.05, 4.69) is 10.4 Å². The lowest BCUT2D eigenvalue weighted by molar-refractivity contribution is 0.0950. The van der Waals surface area contributed by atoms with Crippen LogP contribution in [0.3, 0.4) is 0 Å². The molecule has 1 N–H and O–H groups in total. The number of halogens is 4. The summed E-state index contributed by atoms with van der Waals surface area (Å²) >= 11 is 0. The molecule has 152 valence electrons. The Morgan fingerprint density at radius 3 is 2.24 bits per heavy atom. The van der Waals surface area contributed by atoms with Gasteiger partial charge in [0.15, 0.2) is 17.4 Å². The second-order valence-electron chi connectivity index (χ2n) is 6.37. The molecule has 0 atom stereocenters. The number of aromatic nitrogens is 2. The predicted molar refractivity (Wildman–Crippen MR) is 96.2 cm³/mol. The number of ether oxygens (including phenoxy) is 1. The summed E-state index contributed by atoms with van der Waals surface area (Å²) in [4.78, 5) is 12.2. The van der Waals surface area contributed by atoms with Crippen molar-refractivity contribution < 1.29 is 27.1 Å².